The predicted molar refractivity (Wildman–Crippen MR) is 103 cm³/mol. The van der Waals surface area contributed by atoms with Gasteiger partial charge in [0.15, 0.2) is 11.5 Å². The normalized spacial score (nSPS) is 23.9. The lowest BCUT2D eigenvalue weighted by atomic mass is 10.2. The molecule has 1 aromatic carbocycles. The van der Waals surface area contributed by atoms with Crippen LogP contribution in [0.1, 0.15) is 30.2 Å². The highest BCUT2D eigenvalue weighted by Crippen LogP contribution is 2.48. The number of carbonyl (C=O) groups is 1. The highest BCUT2D eigenvalue weighted by molar-refractivity contribution is 5.83. The molecule has 1 N–H and O–H groups in total. The van der Waals surface area contributed by atoms with Gasteiger partial charge in [-0.15, -0.1) is 0 Å². The van der Waals surface area contributed by atoms with E-state index < -0.39 is 0 Å². The molecule has 1 aliphatic carbocycles. The van der Waals surface area contributed by atoms with Crippen LogP contribution in [0.15, 0.2) is 41.1 Å². The quantitative estimate of drug-likeness (QED) is 0.753. The highest BCUT2D eigenvalue weighted by Gasteiger charge is 2.48. The lowest BCUT2D eigenvalue weighted by Gasteiger charge is -2.19. The maximum absolute atomic E-state index is 13.3. The van der Waals surface area contributed by atoms with E-state index in [0.717, 1.165) is 37.2 Å². The molecule has 1 saturated heterocycles. The van der Waals surface area contributed by atoms with Gasteiger partial charge in [-0.25, -0.2) is 9.37 Å². The first-order valence-electron chi connectivity index (χ1n) is 9.60. The second-order valence-corrected chi connectivity index (χ2v) is 7.77. The zero-order chi connectivity index (χ0) is 19.3. The zero-order valence-electron chi connectivity index (χ0n) is 15.6. The Morgan fingerprint density at radius 1 is 1.32 bits per heavy atom. The van der Waals surface area contributed by atoms with Gasteiger partial charge in [-0.2, -0.15) is 0 Å². The fourth-order valence-electron chi connectivity index (χ4n) is 3.97. The zero-order valence-corrected chi connectivity index (χ0v) is 15.6. The van der Waals surface area contributed by atoms with E-state index in [1.807, 2.05) is 19.3 Å². The smallest absolute Gasteiger partial charge is 0.224 e. The minimum absolute atomic E-state index is 0.0195. The number of hydrogen-bond acceptors (Lipinski definition) is 5. The Morgan fingerprint density at radius 3 is 3.07 bits per heavy atom. The molecule has 1 saturated carbocycles. The number of benzene rings is 1. The van der Waals surface area contributed by atoms with E-state index in [0.29, 0.717) is 17.0 Å². The number of halogens is 1. The van der Waals surface area contributed by atoms with Gasteiger partial charge < -0.3 is 14.6 Å². The molecule has 1 aliphatic heterocycles. The van der Waals surface area contributed by atoms with E-state index in [9.17, 15) is 9.18 Å². The van der Waals surface area contributed by atoms with Crippen LogP contribution in [0.4, 0.5) is 10.1 Å². The molecule has 5 rings (SSSR count). The van der Waals surface area contributed by atoms with Crippen molar-refractivity contribution >= 4 is 22.7 Å². The molecule has 3 atom stereocenters. The van der Waals surface area contributed by atoms with Gasteiger partial charge in [-0.3, -0.25) is 9.78 Å². The van der Waals surface area contributed by atoms with Crippen molar-refractivity contribution in [1.82, 2.24) is 15.3 Å². The maximum Gasteiger partial charge on any atom is 0.224 e. The summed E-state index contributed by atoms with van der Waals surface area (Å²) < 4.78 is 19.0. The van der Waals surface area contributed by atoms with E-state index in [1.165, 1.54) is 12.1 Å². The van der Waals surface area contributed by atoms with Crippen molar-refractivity contribution < 1.29 is 13.6 Å². The second-order valence-electron chi connectivity index (χ2n) is 7.77. The van der Waals surface area contributed by atoms with E-state index in [2.05, 4.69) is 26.3 Å². The van der Waals surface area contributed by atoms with Crippen molar-refractivity contribution in [3.63, 3.8) is 0 Å². The number of carbonyl (C=O) groups excluding carboxylic acids is 1. The van der Waals surface area contributed by atoms with Gasteiger partial charge >= 0.3 is 0 Å². The molecule has 28 heavy (non-hydrogen) atoms. The molecule has 7 heteroatoms. The van der Waals surface area contributed by atoms with Gasteiger partial charge in [-0.1, -0.05) is 0 Å². The summed E-state index contributed by atoms with van der Waals surface area (Å²) in [5, 5.41) is 3.17. The molecule has 3 aromatic rings. The topological polar surface area (TPSA) is 71.3 Å². The van der Waals surface area contributed by atoms with E-state index in [4.69, 9.17) is 4.42 Å². The maximum atomic E-state index is 13.3. The number of nitrogens with one attached hydrogen (secondary N) is 1. The Morgan fingerprint density at radius 2 is 2.21 bits per heavy atom. The summed E-state index contributed by atoms with van der Waals surface area (Å²) in [4.78, 5) is 23.5. The van der Waals surface area contributed by atoms with Crippen LogP contribution in [0.25, 0.3) is 11.1 Å². The van der Waals surface area contributed by atoms with Gasteiger partial charge in [0, 0.05) is 37.3 Å². The molecule has 0 radical (unpaired) electrons. The third kappa shape index (κ3) is 3.21. The lowest BCUT2D eigenvalue weighted by molar-refractivity contribution is -0.123. The minimum Gasteiger partial charge on any atom is -0.440 e. The van der Waals surface area contributed by atoms with Crippen molar-refractivity contribution in [2.24, 2.45) is 5.92 Å². The number of anilines is 1. The fourth-order valence-corrected chi connectivity index (χ4v) is 3.97. The summed E-state index contributed by atoms with van der Waals surface area (Å²) in [5.74, 6) is 0.0980. The Hall–Kier alpha value is -2.96. The number of pyridine rings is 1. The average molecular weight is 380 g/mol. The molecule has 3 heterocycles. The SMILES string of the molecule is Cc1cncc(N2CC[C@@H](NC(=O)[C@H]3C[C@@H]3c3nc4cc(F)ccc4o3)C2)c1. The number of hydrogen-bond donors (Lipinski definition) is 1. The first kappa shape index (κ1) is 17.2. The Bertz CT molecular complexity index is 1050. The third-order valence-corrected chi connectivity index (χ3v) is 5.57. The van der Waals surface area contributed by atoms with Crippen molar-refractivity contribution in [2.45, 2.75) is 31.7 Å². The number of aryl methyl sites for hydroxylation is 1. The number of nitrogens with zero attached hydrogens (tertiary/aromatic N) is 3. The molecule has 2 aromatic heterocycles. The van der Waals surface area contributed by atoms with Crippen molar-refractivity contribution in [3.05, 3.63) is 53.9 Å². The number of fused-ring (bicyclic) bond motifs is 1. The lowest BCUT2D eigenvalue weighted by Crippen LogP contribution is -2.38. The van der Waals surface area contributed by atoms with E-state index in [1.54, 1.807) is 6.07 Å². The van der Waals surface area contributed by atoms with Gasteiger partial charge in [-0.05, 0) is 43.5 Å². The second kappa shape index (κ2) is 6.58. The number of oxazole rings is 1. The van der Waals surface area contributed by atoms with Crippen LogP contribution >= 0.6 is 0 Å². The van der Waals surface area contributed by atoms with Gasteiger partial charge in [0.05, 0.1) is 17.8 Å². The average Bonchev–Trinajstić information content (AvgIpc) is 3.15. The summed E-state index contributed by atoms with van der Waals surface area (Å²) in [5.41, 5.74) is 3.28. The van der Waals surface area contributed by atoms with Crippen LogP contribution in [-0.2, 0) is 4.79 Å². The number of amides is 1. The van der Waals surface area contributed by atoms with Crippen molar-refractivity contribution in [1.29, 1.82) is 0 Å². The Labute approximate surface area is 161 Å². The number of rotatable bonds is 4. The van der Waals surface area contributed by atoms with Crippen LogP contribution < -0.4 is 10.2 Å². The Kier molecular flexibility index (Phi) is 4.03. The largest absolute Gasteiger partial charge is 0.440 e. The summed E-state index contributed by atoms with van der Waals surface area (Å²) in [6, 6.07) is 6.53. The van der Waals surface area contributed by atoms with Crippen LogP contribution in [0, 0.1) is 18.7 Å². The molecule has 0 bridgehead atoms. The molecular formula is C21H21FN4O2. The van der Waals surface area contributed by atoms with Crippen molar-refractivity contribution in [2.75, 3.05) is 18.0 Å². The summed E-state index contributed by atoms with van der Waals surface area (Å²) in [6.07, 6.45) is 5.34. The van der Waals surface area contributed by atoms with Crippen LogP contribution in [0.2, 0.25) is 0 Å². The molecular weight excluding hydrogens is 359 g/mol. The predicted octanol–water partition coefficient (Wildman–Crippen LogP) is 3.17. The van der Waals surface area contributed by atoms with Gasteiger partial charge in [0.1, 0.15) is 11.3 Å². The molecule has 2 fully saturated rings. The highest BCUT2D eigenvalue weighted by atomic mass is 19.1. The molecule has 0 spiro atoms. The molecule has 2 aliphatic rings. The Balaban J connectivity index is 1.20. The number of aromatic nitrogens is 2. The van der Waals surface area contributed by atoms with E-state index in [-0.39, 0.29) is 29.6 Å². The summed E-state index contributed by atoms with van der Waals surface area (Å²) in [6.45, 7) is 3.72. The first-order valence-corrected chi connectivity index (χ1v) is 9.60. The van der Waals surface area contributed by atoms with E-state index >= 15 is 0 Å². The molecule has 0 unspecified atom stereocenters. The summed E-state index contributed by atoms with van der Waals surface area (Å²) >= 11 is 0. The minimum atomic E-state index is -0.341. The monoisotopic (exact) mass is 380 g/mol. The van der Waals surface area contributed by atoms with Crippen LogP contribution in [0.3, 0.4) is 0 Å². The van der Waals surface area contributed by atoms with Crippen LogP contribution in [0.5, 0.6) is 0 Å². The van der Waals surface area contributed by atoms with Gasteiger partial charge in [0.25, 0.3) is 0 Å². The molecule has 6 nitrogen and oxygen atoms in total. The molecule has 1 amide bonds. The standard InChI is InChI=1S/C21H21FN4O2/c1-12-6-15(10-23-9-12)26-5-4-14(11-26)24-20(27)16-8-17(16)21-25-18-7-13(22)2-3-19(18)28-21/h2-3,6-7,9-10,14,16-17H,4-5,8,11H2,1H3,(H,24,27)/t14-,16+,17+/m1/s1. The van der Waals surface area contributed by atoms with Gasteiger partial charge in [0.2, 0.25) is 5.91 Å². The fraction of sp³-hybridized carbons (Fsp3) is 0.381. The molecule has 144 valence electrons. The van der Waals surface area contributed by atoms with Crippen molar-refractivity contribution in [3.8, 4) is 0 Å². The summed E-state index contributed by atoms with van der Waals surface area (Å²) in [7, 11) is 0. The third-order valence-electron chi connectivity index (χ3n) is 5.57. The first-order chi connectivity index (χ1) is 13.6. The van der Waals surface area contributed by atoms with Crippen LogP contribution in [-0.4, -0.2) is 35.0 Å².